The highest BCUT2D eigenvalue weighted by molar-refractivity contribution is 5.78. The molecule has 1 aliphatic carbocycles. The molecule has 0 saturated heterocycles. The second-order valence-electron chi connectivity index (χ2n) is 6.10. The van der Waals surface area contributed by atoms with Crippen LogP contribution >= 0.6 is 0 Å². The van der Waals surface area contributed by atoms with Gasteiger partial charge >= 0.3 is 0 Å². The Morgan fingerprint density at radius 3 is 2.50 bits per heavy atom. The zero-order chi connectivity index (χ0) is 13.5. The van der Waals surface area contributed by atoms with Crippen LogP contribution in [0.4, 0.5) is 0 Å². The van der Waals surface area contributed by atoms with Crippen LogP contribution in [0.5, 0.6) is 0 Å². The van der Waals surface area contributed by atoms with E-state index in [1.807, 2.05) is 13.8 Å². The summed E-state index contributed by atoms with van der Waals surface area (Å²) in [6, 6.07) is 0.638. The lowest BCUT2D eigenvalue weighted by molar-refractivity contribution is -0.125. The largest absolute Gasteiger partial charge is 0.353 e. The molecule has 0 spiro atoms. The first kappa shape index (κ1) is 15.5. The fourth-order valence-corrected chi connectivity index (χ4v) is 2.30. The van der Waals surface area contributed by atoms with Crippen LogP contribution in [0, 0.1) is 11.8 Å². The molecular weight excluding hydrogens is 224 g/mol. The zero-order valence-corrected chi connectivity index (χ0v) is 12.2. The van der Waals surface area contributed by atoms with E-state index in [4.69, 9.17) is 5.73 Å². The van der Waals surface area contributed by atoms with E-state index in [0.717, 1.165) is 31.6 Å². The fourth-order valence-electron chi connectivity index (χ4n) is 2.30. The van der Waals surface area contributed by atoms with Gasteiger partial charge in [0.25, 0.3) is 0 Å². The number of hydrogen-bond donors (Lipinski definition) is 2. The van der Waals surface area contributed by atoms with Crippen molar-refractivity contribution in [3.8, 4) is 0 Å². The van der Waals surface area contributed by atoms with E-state index < -0.39 is 0 Å². The number of carbonyl (C=O) groups excluding carboxylic acids is 1. The van der Waals surface area contributed by atoms with Crippen molar-refractivity contribution in [1.29, 1.82) is 0 Å². The summed E-state index contributed by atoms with van der Waals surface area (Å²) in [6.07, 6.45) is 7.95. The SMILES string of the molecule is CCC(CC1CC1)NC(=O)C(C)CCCC(C)N. The minimum Gasteiger partial charge on any atom is -0.353 e. The molecule has 0 aliphatic heterocycles. The highest BCUT2D eigenvalue weighted by Crippen LogP contribution is 2.34. The third kappa shape index (κ3) is 6.39. The lowest BCUT2D eigenvalue weighted by atomic mass is 10.00. The molecule has 3 N–H and O–H groups in total. The maximum absolute atomic E-state index is 12.0. The second-order valence-corrected chi connectivity index (χ2v) is 6.10. The predicted molar refractivity (Wildman–Crippen MR) is 76.2 cm³/mol. The normalized spacial score (nSPS) is 20.2. The summed E-state index contributed by atoms with van der Waals surface area (Å²) >= 11 is 0. The summed E-state index contributed by atoms with van der Waals surface area (Å²) in [5.41, 5.74) is 5.72. The third-order valence-corrected chi connectivity index (χ3v) is 3.90. The Labute approximate surface area is 112 Å². The molecule has 0 bridgehead atoms. The topological polar surface area (TPSA) is 55.1 Å². The van der Waals surface area contributed by atoms with Gasteiger partial charge in [-0.2, -0.15) is 0 Å². The summed E-state index contributed by atoms with van der Waals surface area (Å²) in [5.74, 6) is 1.23. The number of carbonyl (C=O) groups is 1. The van der Waals surface area contributed by atoms with Crippen LogP contribution in [0.1, 0.15) is 65.7 Å². The van der Waals surface area contributed by atoms with Gasteiger partial charge in [-0.3, -0.25) is 4.79 Å². The standard InChI is InChI=1S/C15H30N2O/c1-4-14(10-13-8-9-13)17-15(18)11(2)6-5-7-12(3)16/h11-14H,4-10,16H2,1-3H3,(H,17,18). The Bertz CT molecular complexity index is 249. The molecule has 0 radical (unpaired) electrons. The molecule has 0 aromatic rings. The minimum atomic E-state index is 0.122. The van der Waals surface area contributed by atoms with Gasteiger partial charge in [-0.05, 0) is 38.5 Å². The summed E-state index contributed by atoms with van der Waals surface area (Å²) in [5, 5.41) is 3.21. The molecule has 3 unspecified atom stereocenters. The molecule has 3 atom stereocenters. The van der Waals surface area contributed by atoms with Crippen LogP contribution in [-0.2, 0) is 4.79 Å². The highest BCUT2D eigenvalue weighted by atomic mass is 16.1. The quantitative estimate of drug-likeness (QED) is 0.665. The van der Waals surface area contributed by atoms with Crippen LogP contribution in [0.2, 0.25) is 0 Å². The van der Waals surface area contributed by atoms with E-state index in [9.17, 15) is 4.79 Å². The molecule has 1 saturated carbocycles. The van der Waals surface area contributed by atoms with Crippen molar-refractivity contribution in [2.24, 2.45) is 17.6 Å². The molecule has 3 nitrogen and oxygen atoms in total. The number of nitrogens with one attached hydrogen (secondary N) is 1. The van der Waals surface area contributed by atoms with Crippen molar-refractivity contribution in [2.45, 2.75) is 77.8 Å². The van der Waals surface area contributed by atoms with E-state index in [2.05, 4.69) is 12.2 Å². The molecule has 106 valence electrons. The molecule has 0 aromatic carbocycles. The van der Waals surface area contributed by atoms with E-state index in [-0.39, 0.29) is 17.9 Å². The smallest absolute Gasteiger partial charge is 0.223 e. The molecule has 1 amide bonds. The van der Waals surface area contributed by atoms with Gasteiger partial charge in [0.05, 0.1) is 0 Å². The van der Waals surface area contributed by atoms with E-state index >= 15 is 0 Å². The predicted octanol–water partition coefficient (Wildman–Crippen LogP) is 2.83. The number of nitrogens with two attached hydrogens (primary N) is 1. The van der Waals surface area contributed by atoms with Crippen molar-refractivity contribution >= 4 is 5.91 Å². The van der Waals surface area contributed by atoms with Crippen molar-refractivity contribution in [2.75, 3.05) is 0 Å². The highest BCUT2D eigenvalue weighted by Gasteiger charge is 2.26. The molecule has 0 heterocycles. The van der Waals surface area contributed by atoms with Crippen LogP contribution in [-0.4, -0.2) is 18.0 Å². The van der Waals surface area contributed by atoms with E-state index in [0.29, 0.717) is 6.04 Å². The molecule has 1 rings (SSSR count). The Hall–Kier alpha value is -0.570. The Kier molecular flexibility index (Phi) is 6.69. The van der Waals surface area contributed by atoms with E-state index in [1.54, 1.807) is 0 Å². The average molecular weight is 254 g/mol. The third-order valence-electron chi connectivity index (χ3n) is 3.90. The minimum absolute atomic E-state index is 0.122. The molecule has 1 fully saturated rings. The van der Waals surface area contributed by atoms with Crippen molar-refractivity contribution in [3.05, 3.63) is 0 Å². The zero-order valence-electron chi connectivity index (χ0n) is 12.2. The van der Waals surface area contributed by atoms with Gasteiger partial charge in [-0.15, -0.1) is 0 Å². The Balaban J connectivity index is 2.19. The summed E-state index contributed by atoms with van der Waals surface area (Å²) < 4.78 is 0. The van der Waals surface area contributed by atoms with Gasteiger partial charge in [0.15, 0.2) is 0 Å². The van der Waals surface area contributed by atoms with Crippen molar-refractivity contribution < 1.29 is 4.79 Å². The first-order chi connectivity index (χ1) is 8.52. The second kappa shape index (κ2) is 7.78. The first-order valence-electron chi connectivity index (χ1n) is 7.58. The van der Waals surface area contributed by atoms with E-state index in [1.165, 1.54) is 19.3 Å². The number of amides is 1. The monoisotopic (exact) mass is 254 g/mol. The van der Waals surface area contributed by atoms with Gasteiger partial charge in [0.1, 0.15) is 0 Å². The van der Waals surface area contributed by atoms with Crippen molar-refractivity contribution in [1.82, 2.24) is 5.32 Å². The van der Waals surface area contributed by atoms with Crippen LogP contribution in [0.25, 0.3) is 0 Å². The fraction of sp³-hybridized carbons (Fsp3) is 0.933. The maximum atomic E-state index is 12.0. The van der Waals surface area contributed by atoms with Crippen LogP contribution in [0.3, 0.4) is 0 Å². The molecule has 0 aromatic heterocycles. The van der Waals surface area contributed by atoms with Gasteiger partial charge in [0.2, 0.25) is 5.91 Å². The Morgan fingerprint density at radius 1 is 1.33 bits per heavy atom. The molecule has 18 heavy (non-hydrogen) atoms. The van der Waals surface area contributed by atoms with Crippen LogP contribution < -0.4 is 11.1 Å². The van der Waals surface area contributed by atoms with Crippen molar-refractivity contribution in [3.63, 3.8) is 0 Å². The summed E-state index contributed by atoms with van der Waals surface area (Å²) in [4.78, 5) is 12.0. The first-order valence-corrected chi connectivity index (χ1v) is 7.58. The lowest BCUT2D eigenvalue weighted by Crippen LogP contribution is -2.38. The van der Waals surface area contributed by atoms with Gasteiger partial charge in [0, 0.05) is 18.0 Å². The Morgan fingerprint density at radius 2 is 2.00 bits per heavy atom. The summed E-state index contributed by atoms with van der Waals surface area (Å²) in [6.45, 7) is 6.21. The number of rotatable bonds is 9. The number of hydrogen-bond acceptors (Lipinski definition) is 2. The average Bonchev–Trinajstić information content (AvgIpc) is 3.11. The van der Waals surface area contributed by atoms with Gasteiger partial charge in [-0.25, -0.2) is 0 Å². The molecular formula is C15H30N2O. The lowest BCUT2D eigenvalue weighted by Gasteiger charge is -2.20. The van der Waals surface area contributed by atoms with Gasteiger partial charge in [-0.1, -0.05) is 33.1 Å². The summed E-state index contributed by atoms with van der Waals surface area (Å²) in [7, 11) is 0. The molecule has 1 aliphatic rings. The maximum Gasteiger partial charge on any atom is 0.223 e. The van der Waals surface area contributed by atoms with Gasteiger partial charge < -0.3 is 11.1 Å². The molecule has 3 heteroatoms. The van der Waals surface area contributed by atoms with Crippen LogP contribution in [0.15, 0.2) is 0 Å².